The molecule has 0 spiro atoms. The van der Waals surface area contributed by atoms with Crippen LogP contribution >= 0.6 is 0 Å². The van der Waals surface area contributed by atoms with Gasteiger partial charge in [0.1, 0.15) is 5.82 Å². The second-order valence-electron chi connectivity index (χ2n) is 5.55. The van der Waals surface area contributed by atoms with E-state index in [0.717, 1.165) is 32.5 Å². The van der Waals surface area contributed by atoms with Crippen molar-refractivity contribution in [3.05, 3.63) is 35.6 Å². The molecule has 3 unspecified atom stereocenters. The number of nitrogens with two attached hydrogens (primary N) is 1. The molecule has 20 heavy (non-hydrogen) atoms. The monoisotopic (exact) mass is 280 g/mol. The number of ether oxygens (including phenoxy) is 1. The van der Waals surface area contributed by atoms with Crippen LogP contribution in [0.25, 0.3) is 0 Å². The van der Waals surface area contributed by atoms with Crippen molar-refractivity contribution in [2.24, 2.45) is 5.73 Å². The number of hydrogen-bond acceptors (Lipinski definition) is 3. The summed E-state index contributed by atoms with van der Waals surface area (Å²) < 4.78 is 19.8. The number of rotatable bonds is 6. The van der Waals surface area contributed by atoms with Crippen molar-refractivity contribution >= 4 is 0 Å². The summed E-state index contributed by atoms with van der Waals surface area (Å²) in [5.41, 5.74) is 6.82. The molecule has 0 radical (unpaired) electrons. The summed E-state index contributed by atoms with van der Waals surface area (Å²) in [6.07, 6.45) is 2.45. The van der Waals surface area contributed by atoms with E-state index in [2.05, 4.69) is 11.8 Å². The highest BCUT2D eigenvalue weighted by atomic mass is 19.1. The van der Waals surface area contributed by atoms with Gasteiger partial charge in [-0.15, -0.1) is 0 Å². The molecule has 0 amide bonds. The van der Waals surface area contributed by atoms with Gasteiger partial charge in [-0.3, -0.25) is 4.90 Å². The largest absolute Gasteiger partial charge is 0.377 e. The normalized spacial score (nSPS) is 22.1. The van der Waals surface area contributed by atoms with Crippen LogP contribution in [-0.2, 0) is 4.74 Å². The molecular formula is C16H25FN2O. The SMILES string of the molecule is CCN(CC1CCCO1)C(c1ccccc1F)C(C)N. The molecule has 3 atom stereocenters. The third-order valence-corrected chi connectivity index (χ3v) is 3.98. The molecule has 4 heteroatoms. The maximum absolute atomic E-state index is 14.1. The van der Waals surface area contributed by atoms with Gasteiger partial charge in [0.05, 0.1) is 12.1 Å². The Labute approximate surface area is 120 Å². The predicted octanol–water partition coefficient (Wildman–Crippen LogP) is 2.71. The van der Waals surface area contributed by atoms with Crippen molar-refractivity contribution in [3.8, 4) is 0 Å². The molecule has 1 heterocycles. The predicted molar refractivity (Wildman–Crippen MR) is 79.0 cm³/mol. The van der Waals surface area contributed by atoms with E-state index in [1.54, 1.807) is 6.07 Å². The van der Waals surface area contributed by atoms with E-state index in [0.29, 0.717) is 5.56 Å². The van der Waals surface area contributed by atoms with Gasteiger partial charge in [-0.2, -0.15) is 0 Å². The van der Waals surface area contributed by atoms with Crippen LogP contribution in [0.15, 0.2) is 24.3 Å². The molecule has 1 aromatic rings. The Morgan fingerprint density at radius 1 is 1.45 bits per heavy atom. The molecule has 1 aliphatic rings. The van der Waals surface area contributed by atoms with E-state index < -0.39 is 0 Å². The molecule has 112 valence electrons. The van der Waals surface area contributed by atoms with Crippen molar-refractivity contribution in [1.82, 2.24) is 4.90 Å². The van der Waals surface area contributed by atoms with Gasteiger partial charge in [0.2, 0.25) is 0 Å². The fourth-order valence-corrected chi connectivity index (χ4v) is 3.02. The Morgan fingerprint density at radius 3 is 2.75 bits per heavy atom. The molecule has 0 aliphatic carbocycles. The Hall–Kier alpha value is -0.970. The number of halogens is 1. The van der Waals surface area contributed by atoms with Crippen LogP contribution in [0.3, 0.4) is 0 Å². The first-order chi connectivity index (χ1) is 9.63. The molecule has 1 aliphatic heterocycles. The van der Waals surface area contributed by atoms with E-state index in [1.165, 1.54) is 6.07 Å². The second-order valence-corrected chi connectivity index (χ2v) is 5.55. The molecule has 2 rings (SSSR count). The average Bonchev–Trinajstić information content (AvgIpc) is 2.92. The van der Waals surface area contributed by atoms with Gasteiger partial charge in [0.25, 0.3) is 0 Å². The summed E-state index contributed by atoms with van der Waals surface area (Å²) in [7, 11) is 0. The second kappa shape index (κ2) is 7.16. The fraction of sp³-hybridized carbons (Fsp3) is 0.625. The molecule has 0 bridgehead atoms. The third-order valence-electron chi connectivity index (χ3n) is 3.98. The van der Waals surface area contributed by atoms with E-state index in [4.69, 9.17) is 10.5 Å². The van der Waals surface area contributed by atoms with Crippen LogP contribution in [0.1, 0.15) is 38.3 Å². The number of benzene rings is 1. The van der Waals surface area contributed by atoms with Crippen molar-refractivity contribution in [3.63, 3.8) is 0 Å². The van der Waals surface area contributed by atoms with Crippen LogP contribution in [0.4, 0.5) is 4.39 Å². The van der Waals surface area contributed by atoms with Gasteiger partial charge in [-0.1, -0.05) is 25.1 Å². The standard InChI is InChI=1S/C16H25FN2O/c1-3-19(11-13-7-6-10-20-13)16(12(2)18)14-8-4-5-9-15(14)17/h4-5,8-9,12-13,16H,3,6-7,10-11,18H2,1-2H3. The van der Waals surface area contributed by atoms with Crippen LogP contribution in [0, 0.1) is 5.82 Å². The summed E-state index contributed by atoms with van der Waals surface area (Å²) in [6.45, 7) is 6.52. The summed E-state index contributed by atoms with van der Waals surface area (Å²) >= 11 is 0. The summed E-state index contributed by atoms with van der Waals surface area (Å²) in [6, 6.07) is 6.69. The zero-order valence-electron chi connectivity index (χ0n) is 12.4. The molecule has 1 aromatic carbocycles. The smallest absolute Gasteiger partial charge is 0.128 e. The number of nitrogens with zero attached hydrogens (tertiary/aromatic N) is 1. The van der Waals surface area contributed by atoms with E-state index in [-0.39, 0.29) is 24.0 Å². The minimum absolute atomic E-state index is 0.106. The van der Waals surface area contributed by atoms with Gasteiger partial charge >= 0.3 is 0 Å². The summed E-state index contributed by atoms with van der Waals surface area (Å²) in [5, 5.41) is 0. The van der Waals surface area contributed by atoms with E-state index in [1.807, 2.05) is 19.1 Å². The zero-order chi connectivity index (χ0) is 14.5. The van der Waals surface area contributed by atoms with Crippen molar-refractivity contribution in [2.45, 2.75) is 44.9 Å². The van der Waals surface area contributed by atoms with Gasteiger partial charge < -0.3 is 10.5 Å². The average molecular weight is 280 g/mol. The molecule has 3 nitrogen and oxygen atoms in total. The highest BCUT2D eigenvalue weighted by Gasteiger charge is 2.28. The van der Waals surface area contributed by atoms with Crippen molar-refractivity contribution in [2.75, 3.05) is 19.7 Å². The lowest BCUT2D eigenvalue weighted by atomic mass is 9.98. The molecule has 1 saturated heterocycles. The first-order valence-electron chi connectivity index (χ1n) is 7.49. The lowest BCUT2D eigenvalue weighted by Gasteiger charge is -2.35. The highest BCUT2D eigenvalue weighted by Crippen LogP contribution is 2.27. The van der Waals surface area contributed by atoms with E-state index >= 15 is 0 Å². The fourth-order valence-electron chi connectivity index (χ4n) is 3.02. The Kier molecular flexibility index (Phi) is 5.52. The van der Waals surface area contributed by atoms with Gasteiger partial charge in [-0.05, 0) is 32.4 Å². The first-order valence-corrected chi connectivity index (χ1v) is 7.49. The lowest BCUT2D eigenvalue weighted by Crippen LogP contribution is -2.43. The summed E-state index contributed by atoms with van der Waals surface area (Å²) in [4.78, 5) is 2.24. The maximum atomic E-state index is 14.1. The van der Waals surface area contributed by atoms with E-state index in [9.17, 15) is 4.39 Å². The van der Waals surface area contributed by atoms with Crippen LogP contribution in [0.2, 0.25) is 0 Å². The van der Waals surface area contributed by atoms with Crippen molar-refractivity contribution < 1.29 is 9.13 Å². The number of hydrogen-bond donors (Lipinski definition) is 1. The highest BCUT2D eigenvalue weighted by molar-refractivity contribution is 5.22. The Balaban J connectivity index is 2.19. The third kappa shape index (κ3) is 3.57. The molecule has 1 fully saturated rings. The Bertz CT molecular complexity index is 419. The maximum Gasteiger partial charge on any atom is 0.128 e. The van der Waals surface area contributed by atoms with Gasteiger partial charge in [-0.25, -0.2) is 4.39 Å². The zero-order valence-corrected chi connectivity index (χ0v) is 12.4. The molecule has 0 aromatic heterocycles. The molecule has 0 saturated carbocycles. The Morgan fingerprint density at radius 2 is 2.20 bits per heavy atom. The molecular weight excluding hydrogens is 255 g/mol. The topological polar surface area (TPSA) is 38.5 Å². The van der Waals surface area contributed by atoms with Gasteiger partial charge in [0, 0.05) is 24.8 Å². The van der Waals surface area contributed by atoms with Gasteiger partial charge in [0.15, 0.2) is 0 Å². The van der Waals surface area contributed by atoms with Crippen LogP contribution in [-0.4, -0.2) is 36.7 Å². The summed E-state index contributed by atoms with van der Waals surface area (Å²) in [5.74, 6) is -0.180. The quantitative estimate of drug-likeness (QED) is 0.870. The van der Waals surface area contributed by atoms with Crippen LogP contribution in [0.5, 0.6) is 0 Å². The molecule has 2 N–H and O–H groups in total. The van der Waals surface area contributed by atoms with Crippen LogP contribution < -0.4 is 5.73 Å². The first kappa shape index (κ1) is 15.4. The lowest BCUT2D eigenvalue weighted by molar-refractivity contribution is 0.0539. The minimum Gasteiger partial charge on any atom is -0.377 e. The van der Waals surface area contributed by atoms with Crippen molar-refractivity contribution in [1.29, 1.82) is 0 Å². The number of likely N-dealkylation sites (N-methyl/N-ethyl adjacent to an activating group) is 1. The minimum atomic E-state index is -0.180.